The Kier molecular flexibility index (Phi) is 4.56. The van der Waals surface area contributed by atoms with Crippen molar-refractivity contribution in [3.05, 3.63) is 40.4 Å². The minimum atomic E-state index is -0.368. The van der Waals surface area contributed by atoms with E-state index in [0.29, 0.717) is 44.2 Å². The number of carbonyl (C=O) groups is 1. The second kappa shape index (κ2) is 6.49. The Morgan fingerprint density at radius 2 is 2.21 bits per heavy atom. The number of nitrogens with one attached hydrogen (secondary N) is 1. The van der Waals surface area contributed by atoms with Gasteiger partial charge in [-0.2, -0.15) is 5.10 Å². The van der Waals surface area contributed by atoms with Crippen molar-refractivity contribution in [3.8, 4) is 0 Å². The lowest BCUT2D eigenvalue weighted by atomic mass is 10.2. The molecule has 0 radical (unpaired) electrons. The summed E-state index contributed by atoms with van der Waals surface area (Å²) in [5.74, 6) is -0.346. The largest absolute Gasteiger partial charge is 0.298 e. The molecule has 8 heteroatoms. The molecule has 3 rings (SSSR count). The van der Waals surface area contributed by atoms with Crippen LogP contribution in [-0.2, 0) is 6.54 Å². The van der Waals surface area contributed by atoms with Crippen LogP contribution >= 0.6 is 22.9 Å². The van der Waals surface area contributed by atoms with E-state index in [1.165, 1.54) is 23.5 Å². The van der Waals surface area contributed by atoms with Crippen LogP contribution in [0.25, 0.3) is 10.2 Å². The molecule has 0 aliphatic rings. The Morgan fingerprint density at radius 1 is 1.46 bits per heavy atom. The number of thiazole rings is 1. The molecule has 0 fully saturated rings. The lowest BCUT2D eigenvalue weighted by Crippen LogP contribution is -2.13. The van der Waals surface area contributed by atoms with Crippen molar-refractivity contribution in [1.29, 1.82) is 0 Å². The first-order chi connectivity index (χ1) is 11.3. The highest BCUT2D eigenvalue weighted by molar-refractivity contribution is 7.22. The minimum Gasteiger partial charge on any atom is -0.298 e. The summed E-state index contributed by atoms with van der Waals surface area (Å²) in [6.07, 6.45) is 0. The normalized spacial score (nSPS) is 11.4. The number of fused-ring (bicyclic) bond motifs is 1. The lowest BCUT2D eigenvalue weighted by molar-refractivity contribution is 0.102. The summed E-state index contributed by atoms with van der Waals surface area (Å²) in [5.41, 5.74) is 1.53. The highest BCUT2D eigenvalue weighted by atomic mass is 35.5. The molecule has 3 aromatic rings. The zero-order chi connectivity index (χ0) is 17.4. The molecule has 0 saturated carbocycles. The van der Waals surface area contributed by atoms with Crippen molar-refractivity contribution >= 4 is 44.2 Å². The fourth-order valence-corrected chi connectivity index (χ4v) is 3.60. The number of rotatable bonds is 4. The van der Waals surface area contributed by atoms with Gasteiger partial charge in [-0.25, -0.2) is 9.37 Å². The quantitative estimate of drug-likeness (QED) is 0.739. The molecule has 24 heavy (non-hydrogen) atoms. The number of anilines is 1. The van der Waals surface area contributed by atoms with Crippen molar-refractivity contribution in [1.82, 2.24) is 14.8 Å². The first-order valence-electron chi connectivity index (χ1n) is 7.45. The van der Waals surface area contributed by atoms with Crippen LogP contribution in [0, 0.1) is 18.7 Å². The van der Waals surface area contributed by atoms with Crippen LogP contribution in [-0.4, -0.2) is 20.7 Å². The van der Waals surface area contributed by atoms with E-state index in [1.54, 1.807) is 17.7 Å². The van der Waals surface area contributed by atoms with Gasteiger partial charge in [0.2, 0.25) is 0 Å². The Hall–Kier alpha value is -1.99. The van der Waals surface area contributed by atoms with E-state index in [2.05, 4.69) is 15.4 Å². The molecule has 0 saturated heterocycles. The maximum Gasteiger partial charge on any atom is 0.262 e. The molecule has 2 heterocycles. The number of aryl methyl sites for hydroxylation is 1. The van der Waals surface area contributed by atoms with Gasteiger partial charge < -0.3 is 0 Å². The predicted molar refractivity (Wildman–Crippen MR) is 94.3 cm³/mol. The standard InChI is InChI=1S/C16H16ClFN4OS/c1-8(2)7-22-14(17)13(9(3)21-22)15(23)20-16-19-11-5-4-10(18)6-12(11)24-16/h4-6,8H,7H2,1-3H3,(H,19,20,23). The number of amides is 1. The smallest absolute Gasteiger partial charge is 0.262 e. The van der Waals surface area contributed by atoms with Gasteiger partial charge in [0.1, 0.15) is 11.0 Å². The van der Waals surface area contributed by atoms with Crippen molar-refractivity contribution in [2.75, 3.05) is 5.32 Å². The maximum atomic E-state index is 13.2. The van der Waals surface area contributed by atoms with E-state index in [0.717, 1.165) is 0 Å². The summed E-state index contributed by atoms with van der Waals surface area (Å²) in [7, 11) is 0. The van der Waals surface area contributed by atoms with Crippen LogP contribution in [0.15, 0.2) is 18.2 Å². The Labute approximate surface area is 147 Å². The summed E-state index contributed by atoms with van der Waals surface area (Å²) in [5, 5.41) is 7.76. The first kappa shape index (κ1) is 16.9. The van der Waals surface area contributed by atoms with Gasteiger partial charge in [-0.1, -0.05) is 36.8 Å². The number of hydrogen-bond acceptors (Lipinski definition) is 4. The summed E-state index contributed by atoms with van der Waals surface area (Å²) in [6.45, 7) is 6.47. The van der Waals surface area contributed by atoms with Crippen LogP contribution in [0.5, 0.6) is 0 Å². The van der Waals surface area contributed by atoms with Crippen LogP contribution in [0.1, 0.15) is 29.9 Å². The number of carbonyl (C=O) groups excluding carboxylic acids is 1. The summed E-state index contributed by atoms with van der Waals surface area (Å²) < 4.78 is 15.5. The summed E-state index contributed by atoms with van der Waals surface area (Å²) in [4.78, 5) is 16.8. The number of benzene rings is 1. The molecule has 0 atom stereocenters. The fraction of sp³-hybridized carbons (Fsp3) is 0.312. The number of aromatic nitrogens is 3. The van der Waals surface area contributed by atoms with Gasteiger partial charge in [0, 0.05) is 6.54 Å². The molecule has 0 bridgehead atoms. The molecular formula is C16H16ClFN4OS. The number of nitrogens with zero attached hydrogens (tertiary/aromatic N) is 3. The van der Waals surface area contributed by atoms with Gasteiger partial charge in [-0.15, -0.1) is 0 Å². The van der Waals surface area contributed by atoms with Gasteiger partial charge in [0.25, 0.3) is 5.91 Å². The van der Waals surface area contributed by atoms with Crippen LogP contribution in [0.2, 0.25) is 5.15 Å². The zero-order valence-corrected chi connectivity index (χ0v) is 15.0. The predicted octanol–water partition coefficient (Wildman–Crippen LogP) is 4.50. The highest BCUT2D eigenvalue weighted by Gasteiger charge is 2.21. The van der Waals surface area contributed by atoms with E-state index in [4.69, 9.17) is 11.6 Å². The fourth-order valence-electron chi connectivity index (χ4n) is 2.39. The summed E-state index contributed by atoms with van der Waals surface area (Å²) >= 11 is 7.52. The third-order valence-electron chi connectivity index (χ3n) is 3.40. The average molecular weight is 367 g/mol. The van der Waals surface area contributed by atoms with Crippen LogP contribution in [0.3, 0.4) is 0 Å². The first-order valence-corrected chi connectivity index (χ1v) is 8.65. The van der Waals surface area contributed by atoms with E-state index in [9.17, 15) is 9.18 Å². The average Bonchev–Trinajstić information content (AvgIpc) is 2.98. The number of hydrogen-bond donors (Lipinski definition) is 1. The lowest BCUT2D eigenvalue weighted by Gasteiger charge is -2.06. The topological polar surface area (TPSA) is 59.8 Å². The van der Waals surface area contributed by atoms with E-state index in [-0.39, 0.29) is 11.7 Å². The molecule has 1 aromatic carbocycles. The van der Waals surface area contributed by atoms with Gasteiger partial charge in [0.05, 0.1) is 21.5 Å². The summed E-state index contributed by atoms with van der Waals surface area (Å²) in [6, 6.07) is 4.31. The Bertz CT molecular complexity index is 918. The highest BCUT2D eigenvalue weighted by Crippen LogP contribution is 2.28. The molecule has 1 amide bonds. The maximum absolute atomic E-state index is 13.2. The van der Waals surface area contributed by atoms with Crippen molar-refractivity contribution in [3.63, 3.8) is 0 Å². The minimum absolute atomic E-state index is 0.311. The third-order valence-corrected chi connectivity index (χ3v) is 4.72. The van der Waals surface area contributed by atoms with E-state index < -0.39 is 0 Å². The Morgan fingerprint density at radius 3 is 2.92 bits per heavy atom. The van der Waals surface area contributed by atoms with E-state index >= 15 is 0 Å². The molecule has 0 aliphatic heterocycles. The second-order valence-electron chi connectivity index (χ2n) is 5.91. The molecule has 0 unspecified atom stereocenters. The van der Waals surface area contributed by atoms with E-state index in [1.807, 2.05) is 13.8 Å². The SMILES string of the molecule is Cc1nn(CC(C)C)c(Cl)c1C(=O)Nc1nc2ccc(F)cc2s1. The van der Waals surface area contributed by atoms with Gasteiger partial charge in [-0.05, 0) is 31.0 Å². The molecule has 0 aliphatic carbocycles. The second-order valence-corrected chi connectivity index (χ2v) is 7.30. The van der Waals surface area contributed by atoms with Crippen LogP contribution in [0.4, 0.5) is 9.52 Å². The van der Waals surface area contributed by atoms with Crippen molar-refractivity contribution in [2.45, 2.75) is 27.3 Å². The Balaban J connectivity index is 1.87. The molecule has 0 spiro atoms. The van der Waals surface area contributed by atoms with Gasteiger partial charge in [0.15, 0.2) is 5.13 Å². The molecular weight excluding hydrogens is 351 g/mol. The molecule has 1 N–H and O–H groups in total. The monoisotopic (exact) mass is 366 g/mol. The molecule has 2 aromatic heterocycles. The third kappa shape index (κ3) is 3.27. The van der Waals surface area contributed by atoms with Crippen molar-refractivity contribution in [2.24, 2.45) is 5.92 Å². The van der Waals surface area contributed by atoms with Gasteiger partial charge in [-0.3, -0.25) is 14.8 Å². The zero-order valence-electron chi connectivity index (χ0n) is 13.4. The molecule has 5 nitrogen and oxygen atoms in total. The number of halogens is 2. The molecule has 126 valence electrons. The van der Waals surface area contributed by atoms with Crippen LogP contribution < -0.4 is 5.32 Å². The van der Waals surface area contributed by atoms with Crippen molar-refractivity contribution < 1.29 is 9.18 Å². The van der Waals surface area contributed by atoms with Gasteiger partial charge >= 0.3 is 0 Å².